The van der Waals surface area contributed by atoms with Crippen LogP contribution in [0.1, 0.15) is 90.5 Å². The first-order valence-corrected chi connectivity index (χ1v) is 18.9. The molecule has 1 aromatic carbocycles. The third-order valence-corrected chi connectivity index (χ3v) is 9.82. The predicted molar refractivity (Wildman–Crippen MR) is 200 cm³/mol. The third-order valence-electron chi connectivity index (χ3n) is 9.50. The van der Waals surface area contributed by atoms with E-state index in [1.54, 1.807) is 45.1 Å². The summed E-state index contributed by atoms with van der Waals surface area (Å²) in [7, 11) is 0. The van der Waals surface area contributed by atoms with Gasteiger partial charge < -0.3 is 20.1 Å². The number of pyridine rings is 1. The molecule has 1 saturated carbocycles. The Morgan fingerprint density at radius 2 is 1.70 bits per heavy atom. The van der Waals surface area contributed by atoms with Gasteiger partial charge in [0.15, 0.2) is 0 Å². The summed E-state index contributed by atoms with van der Waals surface area (Å²) in [4.78, 5) is 69.6. The third kappa shape index (κ3) is 11.7. The van der Waals surface area contributed by atoms with Crippen LogP contribution < -0.4 is 16.1 Å². The second-order valence-electron chi connectivity index (χ2n) is 14.2. The predicted octanol–water partition coefficient (Wildman–Crippen LogP) is 6.12. The molecule has 54 heavy (non-hydrogen) atoms. The summed E-state index contributed by atoms with van der Waals surface area (Å²) >= 11 is 17.0. The van der Waals surface area contributed by atoms with Crippen LogP contribution in [-0.2, 0) is 33.4 Å². The summed E-state index contributed by atoms with van der Waals surface area (Å²) in [6.07, 6.45) is 2.19. The molecule has 4 rings (SSSR count). The number of fused-ring (bicyclic) bond motifs is 1. The number of hydrogen-bond donors (Lipinski definition) is 3. The maximum atomic E-state index is 14.4. The lowest BCUT2D eigenvalue weighted by Gasteiger charge is -2.38. The van der Waals surface area contributed by atoms with E-state index >= 15 is 0 Å². The van der Waals surface area contributed by atoms with E-state index in [1.807, 2.05) is 18.2 Å². The highest BCUT2D eigenvalue weighted by molar-refractivity contribution is 6.67. The van der Waals surface area contributed by atoms with Crippen LogP contribution in [0.2, 0.25) is 0 Å². The van der Waals surface area contributed by atoms with Crippen molar-refractivity contribution in [2.24, 2.45) is 11.3 Å². The van der Waals surface area contributed by atoms with E-state index in [0.29, 0.717) is 29.6 Å². The summed E-state index contributed by atoms with van der Waals surface area (Å²) in [5.74, 6) is -6.30. The number of halogens is 5. The van der Waals surface area contributed by atoms with Gasteiger partial charge in [-0.1, -0.05) is 79.0 Å². The lowest BCUT2D eigenvalue weighted by Crippen LogP contribution is -2.61. The van der Waals surface area contributed by atoms with Gasteiger partial charge >= 0.3 is 11.9 Å². The minimum Gasteiger partial charge on any atom is -0.460 e. The lowest BCUT2D eigenvalue weighted by molar-refractivity contribution is -0.153. The number of carbonyl (C=O) groups excluding carboxylic acids is 5. The maximum absolute atomic E-state index is 14.4. The summed E-state index contributed by atoms with van der Waals surface area (Å²) in [5.41, 5.74) is 3.26. The number of hydrazine groups is 1. The molecule has 1 aliphatic carbocycles. The fourth-order valence-corrected chi connectivity index (χ4v) is 6.53. The van der Waals surface area contributed by atoms with Crippen LogP contribution in [0.25, 0.3) is 17.0 Å². The Kier molecular flexibility index (Phi) is 14.3. The van der Waals surface area contributed by atoms with Gasteiger partial charge in [-0.3, -0.25) is 29.0 Å². The fourth-order valence-electron chi connectivity index (χ4n) is 6.36. The van der Waals surface area contributed by atoms with Gasteiger partial charge in [0.2, 0.25) is 21.5 Å². The van der Waals surface area contributed by atoms with E-state index < -0.39 is 94.4 Å². The van der Waals surface area contributed by atoms with Crippen LogP contribution in [0.5, 0.6) is 0 Å². The van der Waals surface area contributed by atoms with E-state index in [4.69, 9.17) is 44.3 Å². The normalized spacial score (nSPS) is 20.2. The number of nitrogens with one attached hydrogen (secondary N) is 3. The number of alkyl halides is 5. The zero-order valence-electron chi connectivity index (χ0n) is 30.7. The van der Waals surface area contributed by atoms with Crippen molar-refractivity contribution in [2.75, 3.05) is 13.2 Å². The van der Waals surface area contributed by atoms with Gasteiger partial charge in [0.25, 0.3) is 5.91 Å². The number of ether oxygens (including phenoxy) is 2. The summed E-state index contributed by atoms with van der Waals surface area (Å²) < 4.78 is 37.4. The van der Waals surface area contributed by atoms with Crippen molar-refractivity contribution in [3.05, 3.63) is 47.7 Å². The highest BCUT2D eigenvalue weighted by Gasteiger charge is 2.47. The first kappa shape index (κ1) is 43.1. The number of carbonyl (C=O) groups is 5. The second-order valence-corrected chi connectivity index (χ2v) is 16.8. The second kappa shape index (κ2) is 17.9. The number of aromatic nitrogens is 1. The number of benzene rings is 1. The largest absolute Gasteiger partial charge is 0.460 e. The van der Waals surface area contributed by atoms with Crippen LogP contribution in [0.15, 0.2) is 36.4 Å². The molecule has 2 aromatic rings. The Morgan fingerprint density at radius 3 is 2.33 bits per heavy atom. The molecule has 1 aromatic heterocycles. The Balaban J connectivity index is 1.48. The maximum Gasteiger partial charge on any atom is 0.325 e. The molecule has 2 aliphatic rings. The van der Waals surface area contributed by atoms with Gasteiger partial charge in [-0.05, 0) is 63.1 Å². The molecule has 12 nitrogen and oxygen atoms in total. The van der Waals surface area contributed by atoms with Gasteiger partial charge in [0, 0.05) is 31.7 Å². The summed E-state index contributed by atoms with van der Waals surface area (Å²) in [5, 5.41) is 7.48. The SMILES string of the molecule is CC(=O)OC(C)c1ccc2ccc(C=CC3(C(=O)NC(C(=O)NC(C)C(=O)N4CCCC(C(=O)OCC(Cl)(Cl)Cl)N4)C(C)C)CCC(F)(F)CC3)cc2n1. The van der Waals surface area contributed by atoms with E-state index in [-0.39, 0.29) is 19.4 Å². The van der Waals surface area contributed by atoms with Crippen LogP contribution >= 0.6 is 34.8 Å². The van der Waals surface area contributed by atoms with E-state index in [0.717, 1.165) is 5.39 Å². The minimum atomic E-state index is -2.94. The summed E-state index contributed by atoms with van der Waals surface area (Å²) in [6, 6.07) is 5.99. The van der Waals surface area contributed by atoms with Gasteiger partial charge in [0.05, 0.1) is 16.6 Å². The molecule has 1 saturated heterocycles. The molecule has 17 heteroatoms. The Bertz CT molecular complexity index is 1750. The molecule has 4 unspecified atom stereocenters. The molecule has 1 aliphatic heterocycles. The molecule has 3 N–H and O–H groups in total. The zero-order chi connectivity index (χ0) is 40.0. The Labute approximate surface area is 328 Å². The van der Waals surface area contributed by atoms with Crippen LogP contribution in [-0.4, -0.2) is 80.6 Å². The number of hydrogen-bond acceptors (Lipinski definition) is 9. The van der Waals surface area contributed by atoms with Gasteiger partial charge in [0.1, 0.15) is 30.8 Å². The number of amides is 3. The van der Waals surface area contributed by atoms with Gasteiger partial charge in [-0.15, -0.1) is 0 Å². The Hall–Kier alpha value is -3.59. The van der Waals surface area contributed by atoms with Gasteiger partial charge in [-0.25, -0.2) is 19.2 Å². The molecule has 296 valence electrons. The minimum absolute atomic E-state index is 0.161. The zero-order valence-corrected chi connectivity index (χ0v) is 33.0. The van der Waals surface area contributed by atoms with Crippen molar-refractivity contribution >= 4 is 81.4 Å². The topological polar surface area (TPSA) is 156 Å². The smallest absolute Gasteiger partial charge is 0.325 e. The first-order valence-electron chi connectivity index (χ1n) is 17.8. The fraction of sp³-hybridized carbons (Fsp3) is 0.568. The van der Waals surface area contributed by atoms with Crippen molar-refractivity contribution in [1.82, 2.24) is 26.1 Å². The molecule has 2 fully saturated rings. The molecule has 4 atom stereocenters. The van der Waals surface area contributed by atoms with Crippen molar-refractivity contribution in [3.63, 3.8) is 0 Å². The van der Waals surface area contributed by atoms with Crippen molar-refractivity contribution in [3.8, 4) is 0 Å². The highest BCUT2D eigenvalue weighted by atomic mass is 35.6. The molecular formula is C37H46Cl3F2N5O7. The van der Waals surface area contributed by atoms with Gasteiger partial charge in [-0.2, -0.15) is 0 Å². The van der Waals surface area contributed by atoms with E-state index in [2.05, 4.69) is 21.0 Å². The number of nitrogens with zero attached hydrogens (tertiary/aromatic N) is 2. The molecule has 2 heterocycles. The molecule has 0 spiro atoms. The van der Waals surface area contributed by atoms with Crippen LogP contribution in [0, 0.1) is 11.3 Å². The average Bonchev–Trinajstić information content (AvgIpc) is 3.11. The molecular weight excluding hydrogens is 771 g/mol. The average molecular weight is 817 g/mol. The standard InChI is InChI=1S/C37H46Cl3F2N5O7/c1-21(2)30(31(49)43-22(3)32(50)47-18-6-7-28(46-47)33(51)53-20-37(38,39)40)45-34(52)35(14-16-36(41,42)17-15-35)13-12-25-8-9-26-10-11-27(44-29(26)19-25)23(4)54-24(5)48/h8-13,19,21-23,28,30,46H,6-7,14-18,20H2,1-5H3,(H,43,49)(H,45,52). The molecule has 0 bridgehead atoms. The van der Waals surface area contributed by atoms with Crippen LogP contribution in [0.4, 0.5) is 8.78 Å². The van der Waals surface area contributed by atoms with E-state index in [9.17, 15) is 32.8 Å². The number of rotatable bonds is 12. The Morgan fingerprint density at radius 1 is 1.04 bits per heavy atom. The molecule has 3 amide bonds. The van der Waals surface area contributed by atoms with Crippen molar-refractivity contribution in [1.29, 1.82) is 0 Å². The quantitative estimate of drug-likeness (QED) is 0.170. The van der Waals surface area contributed by atoms with Crippen LogP contribution in [0.3, 0.4) is 0 Å². The molecule has 0 radical (unpaired) electrons. The number of esters is 2. The van der Waals surface area contributed by atoms with E-state index in [1.165, 1.54) is 18.9 Å². The van der Waals surface area contributed by atoms with Crippen molar-refractivity contribution in [2.45, 2.75) is 107 Å². The highest BCUT2D eigenvalue weighted by Crippen LogP contribution is 2.45. The monoisotopic (exact) mass is 815 g/mol. The van der Waals surface area contributed by atoms with Crippen molar-refractivity contribution < 1.29 is 42.2 Å². The first-order chi connectivity index (χ1) is 25.2. The lowest BCUT2D eigenvalue weighted by atomic mass is 9.71. The summed E-state index contributed by atoms with van der Waals surface area (Å²) in [6.45, 7) is 7.70.